The van der Waals surface area contributed by atoms with E-state index in [0.29, 0.717) is 30.2 Å². The van der Waals surface area contributed by atoms with Crippen LogP contribution < -0.4 is 15.6 Å². The summed E-state index contributed by atoms with van der Waals surface area (Å²) in [6.07, 6.45) is 8.57. The third-order valence-electron chi connectivity index (χ3n) is 7.65. The van der Waals surface area contributed by atoms with E-state index >= 15 is 0 Å². The number of hydrogen-bond donors (Lipinski definition) is 2. The molecule has 6 rings (SSSR count). The number of rotatable bonds is 7. The Morgan fingerprint density at radius 3 is 2.73 bits per heavy atom. The van der Waals surface area contributed by atoms with Gasteiger partial charge in [-0.05, 0) is 62.2 Å². The number of pyridine rings is 4. The molecule has 0 aliphatic carbocycles. The van der Waals surface area contributed by atoms with Gasteiger partial charge in [-0.15, -0.1) is 0 Å². The lowest BCUT2D eigenvalue weighted by Gasteiger charge is -2.26. The molecular weight excluding hydrogens is 530 g/mol. The van der Waals surface area contributed by atoms with Crippen molar-refractivity contribution >= 4 is 40.2 Å². The molecule has 10 nitrogen and oxygen atoms in total. The first kappa shape index (κ1) is 26.2. The van der Waals surface area contributed by atoms with Gasteiger partial charge >= 0.3 is 5.97 Å². The number of halogens is 1. The summed E-state index contributed by atoms with van der Waals surface area (Å²) in [6, 6.07) is 7.35. The molecule has 4 aromatic heterocycles. The molecule has 0 bridgehead atoms. The molecule has 1 saturated heterocycles. The number of nitrogens with zero attached hydrogens (tertiary/aromatic N) is 6. The van der Waals surface area contributed by atoms with Gasteiger partial charge in [0.05, 0.1) is 34.5 Å². The predicted octanol–water partition coefficient (Wildman–Crippen LogP) is 4.25. The molecule has 11 heteroatoms. The monoisotopic (exact) mass is 559 g/mol. The normalized spacial score (nSPS) is 15.4. The minimum Gasteiger partial charge on any atom is -0.477 e. The molecule has 40 heavy (non-hydrogen) atoms. The fraction of sp³-hybridized carbons (Fsp3) is 0.345. The van der Waals surface area contributed by atoms with Crippen LogP contribution in [0.3, 0.4) is 0 Å². The van der Waals surface area contributed by atoms with Gasteiger partial charge in [-0.3, -0.25) is 14.3 Å². The summed E-state index contributed by atoms with van der Waals surface area (Å²) in [6.45, 7) is 7.05. The van der Waals surface area contributed by atoms with Crippen LogP contribution in [0.5, 0.6) is 0 Å². The highest BCUT2D eigenvalue weighted by Gasteiger charge is 2.25. The van der Waals surface area contributed by atoms with Crippen molar-refractivity contribution < 1.29 is 9.90 Å². The van der Waals surface area contributed by atoms with E-state index in [2.05, 4.69) is 20.2 Å². The number of nitrogens with one attached hydrogen (secondary N) is 1. The van der Waals surface area contributed by atoms with Gasteiger partial charge in [0.2, 0.25) is 5.43 Å². The maximum atomic E-state index is 13.2. The molecule has 2 aliphatic rings. The molecule has 6 heterocycles. The van der Waals surface area contributed by atoms with Gasteiger partial charge in [0.1, 0.15) is 11.4 Å². The lowest BCUT2D eigenvalue weighted by atomic mass is 10.1. The Kier molecular flexibility index (Phi) is 7.12. The van der Waals surface area contributed by atoms with Crippen molar-refractivity contribution in [1.82, 2.24) is 24.4 Å². The van der Waals surface area contributed by atoms with Crippen LogP contribution in [0.4, 0.5) is 11.6 Å². The summed E-state index contributed by atoms with van der Waals surface area (Å²) in [4.78, 5) is 43.5. The number of anilines is 2. The molecule has 0 saturated carbocycles. The molecule has 0 radical (unpaired) electrons. The zero-order valence-electron chi connectivity index (χ0n) is 22.2. The van der Waals surface area contributed by atoms with E-state index in [4.69, 9.17) is 16.6 Å². The SMILES string of the molecule is Cc1cc(NCCN2CCCCC2)ncc1-n1cc(C(=O)O)c(=O)c2cc(Cl)c(N3Cc4cccnc4C3)nc21. The highest BCUT2D eigenvalue weighted by Crippen LogP contribution is 2.33. The number of hydrogen-bond acceptors (Lipinski definition) is 8. The van der Waals surface area contributed by atoms with Crippen molar-refractivity contribution in [3.05, 3.63) is 80.5 Å². The van der Waals surface area contributed by atoms with E-state index in [1.807, 2.05) is 30.0 Å². The van der Waals surface area contributed by atoms with Crippen molar-refractivity contribution in [3.63, 3.8) is 0 Å². The number of piperidine rings is 1. The fourth-order valence-electron chi connectivity index (χ4n) is 5.54. The van der Waals surface area contributed by atoms with E-state index in [0.717, 1.165) is 48.8 Å². The number of likely N-dealkylation sites (tertiary alicyclic amines) is 1. The molecule has 0 aromatic carbocycles. The molecule has 4 aromatic rings. The van der Waals surface area contributed by atoms with Crippen LogP contribution >= 0.6 is 11.6 Å². The highest BCUT2D eigenvalue weighted by atomic mass is 35.5. The second-order valence-corrected chi connectivity index (χ2v) is 10.8. The van der Waals surface area contributed by atoms with Gasteiger partial charge in [0.15, 0.2) is 11.5 Å². The predicted molar refractivity (Wildman–Crippen MR) is 155 cm³/mol. The van der Waals surface area contributed by atoms with Gasteiger partial charge in [0, 0.05) is 32.0 Å². The second kappa shape index (κ2) is 10.9. The van der Waals surface area contributed by atoms with Gasteiger partial charge in [-0.1, -0.05) is 24.1 Å². The van der Waals surface area contributed by atoms with Crippen LogP contribution in [-0.4, -0.2) is 61.7 Å². The van der Waals surface area contributed by atoms with Gasteiger partial charge in [-0.2, -0.15) is 0 Å². The van der Waals surface area contributed by atoms with Crippen LogP contribution in [0, 0.1) is 6.92 Å². The fourth-order valence-corrected chi connectivity index (χ4v) is 5.82. The standard InChI is InChI=1S/C29H30ClN7O3/c1-18-12-25(32-8-11-35-9-3-2-4-10-35)33-14-24(18)37-16-21(29(39)40)26(38)20-13-22(30)28(34-27(20)37)36-15-19-6-5-7-31-23(19)17-36/h5-7,12-14,16H,2-4,8-11,15,17H2,1H3,(H,32,33)(H,39,40). The Hall–Kier alpha value is -4.02. The van der Waals surface area contributed by atoms with Gasteiger partial charge in [0.25, 0.3) is 0 Å². The molecule has 206 valence electrons. The zero-order chi connectivity index (χ0) is 27.8. The second-order valence-electron chi connectivity index (χ2n) is 10.4. The summed E-state index contributed by atoms with van der Waals surface area (Å²) in [5.41, 5.74) is 2.83. The number of fused-ring (bicyclic) bond motifs is 2. The van der Waals surface area contributed by atoms with E-state index in [-0.39, 0.29) is 16.0 Å². The highest BCUT2D eigenvalue weighted by molar-refractivity contribution is 6.33. The molecule has 0 spiro atoms. The summed E-state index contributed by atoms with van der Waals surface area (Å²) in [5.74, 6) is -0.0744. The quantitative estimate of drug-likeness (QED) is 0.342. The van der Waals surface area contributed by atoms with Crippen molar-refractivity contribution in [1.29, 1.82) is 0 Å². The topological polar surface area (TPSA) is 116 Å². The van der Waals surface area contributed by atoms with E-state index < -0.39 is 11.4 Å². The smallest absolute Gasteiger partial charge is 0.341 e. The third-order valence-corrected chi connectivity index (χ3v) is 7.93. The lowest BCUT2D eigenvalue weighted by Crippen LogP contribution is -2.33. The van der Waals surface area contributed by atoms with E-state index in [1.54, 1.807) is 17.0 Å². The number of carboxylic acid groups (broad SMARTS) is 1. The van der Waals surface area contributed by atoms with Crippen LogP contribution in [0.25, 0.3) is 16.7 Å². The molecule has 0 unspecified atom stereocenters. The number of aromatic nitrogens is 4. The maximum absolute atomic E-state index is 13.2. The van der Waals surface area contributed by atoms with E-state index in [1.165, 1.54) is 31.5 Å². The molecule has 0 amide bonds. The number of carboxylic acids is 1. The van der Waals surface area contributed by atoms with Crippen LogP contribution in [0.15, 0.2) is 47.7 Å². The third kappa shape index (κ3) is 5.00. The Labute approximate surface area is 236 Å². The summed E-state index contributed by atoms with van der Waals surface area (Å²) < 4.78 is 1.63. The van der Waals surface area contributed by atoms with Crippen LogP contribution in [0.1, 0.15) is 46.4 Å². The molecule has 2 aliphatic heterocycles. The molecule has 0 atom stereocenters. The Balaban J connectivity index is 1.37. The minimum atomic E-state index is -1.32. The Morgan fingerprint density at radius 2 is 1.98 bits per heavy atom. The van der Waals surface area contributed by atoms with Crippen molar-refractivity contribution in [2.45, 2.75) is 39.3 Å². The summed E-state index contributed by atoms with van der Waals surface area (Å²) >= 11 is 6.64. The number of aryl methyl sites for hydroxylation is 1. The zero-order valence-corrected chi connectivity index (χ0v) is 23.0. The lowest BCUT2D eigenvalue weighted by molar-refractivity contribution is 0.0695. The minimum absolute atomic E-state index is 0.131. The number of aromatic carboxylic acids is 1. The first-order chi connectivity index (χ1) is 19.4. The van der Waals surface area contributed by atoms with Crippen molar-refractivity contribution in [2.75, 3.05) is 36.4 Å². The molecule has 2 N–H and O–H groups in total. The van der Waals surface area contributed by atoms with Crippen molar-refractivity contribution in [2.24, 2.45) is 0 Å². The summed E-state index contributed by atoms with van der Waals surface area (Å²) in [7, 11) is 0. The van der Waals surface area contributed by atoms with E-state index in [9.17, 15) is 14.7 Å². The molecular formula is C29H30ClN7O3. The van der Waals surface area contributed by atoms with Crippen LogP contribution in [-0.2, 0) is 13.1 Å². The largest absolute Gasteiger partial charge is 0.477 e. The average molecular weight is 560 g/mol. The van der Waals surface area contributed by atoms with Crippen molar-refractivity contribution in [3.8, 4) is 5.69 Å². The first-order valence-electron chi connectivity index (χ1n) is 13.5. The number of carbonyl (C=O) groups is 1. The Bertz CT molecular complexity index is 1640. The summed E-state index contributed by atoms with van der Waals surface area (Å²) in [5, 5.41) is 13.6. The maximum Gasteiger partial charge on any atom is 0.341 e. The first-order valence-corrected chi connectivity index (χ1v) is 13.9. The van der Waals surface area contributed by atoms with Gasteiger partial charge < -0.3 is 20.2 Å². The van der Waals surface area contributed by atoms with Crippen LogP contribution in [0.2, 0.25) is 5.02 Å². The molecule has 1 fully saturated rings. The van der Waals surface area contributed by atoms with Gasteiger partial charge in [-0.25, -0.2) is 14.8 Å². The average Bonchev–Trinajstić information content (AvgIpc) is 3.38. The Morgan fingerprint density at radius 1 is 1.15 bits per heavy atom.